The Morgan fingerprint density at radius 3 is 2.38 bits per heavy atom. The number of nitrogens with zero attached hydrogens (tertiary/aromatic N) is 1. The van der Waals surface area contributed by atoms with Gasteiger partial charge >= 0.3 is 0 Å². The molecule has 1 aliphatic carbocycles. The third-order valence-electron chi connectivity index (χ3n) is 5.67. The Labute approximate surface area is 144 Å². The summed E-state index contributed by atoms with van der Waals surface area (Å²) in [6.45, 7) is 1.36. The van der Waals surface area contributed by atoms with Crippen molar-refractivity contribution in [3.63, 3.8) is 0 Å². The molecule has 1 aromatic carbocycles. The van der Waals surface area contributed by atoms with Gasteiger partial charge in [0.15, 0.2) is 0 Å². The molecule has 1 saturated carbocycles. The van der Waals surface area contributed by atoms with Gasteiger partial charge in [-0.3, -0.25) is 9.59 Å². The van der Waals surface area contributed by atoms with E-state index in [0.29, 0.717) is 25.4 Å². The normalized spacial score (nSPS) is 19.9. The summed E-state index contributed by atoms with van der Waals surface area (Å²) < 4.78 is 0. The number of piperidine rings is 1. The fourth-order valence-electron chi connectivity index (χ4n) is 3.86. The molecular formula is C20H28N2O2. The molecule has 0 spiro atoms. The molecule has 2 N–H and O–H groups in total. The summed E-state index contributed by atoms with van der Waals surface area (Å²) in [6.07, 6.45) is 7.27. The molecule has 4 heteroatoms. The van der Waals surface area contributed by atoms with Crippen molar-refractivity contribution in [1.82, 2.24) is 4.90 Å². The maximum Gasteiger partial charge on any atom is 0.223 e. The van der Waals surface area contributed by atoms with Gasteiger partial charge in [-0.1, -0.05) is 43.2 Å². The molecule has 0 bridgehead atoms. The largest absolute Gasteiger partial charge is 0.369 e. The Morgan fingerprint density at radius 1 is 1.12 bits per heavy atom. The molecule has 1 aliphatic heterocycles. The molecule has 1 aromatic rings. The van der Waals surface area contributed by atoms with Crippen molar-refractivity contribution in [2.45, 2.75) is 51.4 Å². The second-order valence-electron chi connectivity index (χ2n) is 7.51. The van der Waals surface area contributed by atoms with Crippen molar-refractivity contribution >= 4 is 11.8 Å². The monoisotopic (exact) mass is 328 g/mol. The first-order valence-corrected chi connectivity index (χ1v) is 9.21. The van der Waals surface area contributed by atoms with Gasteiger partial charge in [-0.25, -0.2) is 0 Å². The van der Waals surface area contributed by atoms with Crippen molar-refractivity contribution in [2.75, 3.05) is 13.1 Å². The average Bonchev–Trinajstić information content (AvgIpc) is 3.40. The zero-order valence-corrected chi connectivity index (χ0v) is 14.4. The molecule has 1 saturated heterocycles. The number of hydrogen-bond donors (Lipinski definition) is 1. The maximum absolute atomic E-state index is 12.4. The summed E-state index contributed by atoms with van der Waals surface area (Å²) in [4.78, 5) is 26.3. The van der Waals surface area contributed by atoms with E-state index in [-0.39, 0.29) is 17.2 Å². The average molecular weight is 328 g/mol. The predicted octanol–water partition coefficient (Wildman–Crippen LogP) is 2.90. The molecule has 2 amide bonds. The van der Waals surface area contributed by atoms with Crippen LogP contribution in [0.2, 0.25) is 0 Å². The van der Waals surface area contributed by atoms with Crippen LogP contribution in [0.4, 0.5) is 0 Å². The van der Waals surface area contributed by atoms with Crippen molar-refractivity contribution in [3.05, 3.63) is 35.9 Å². The first-order chi connectivity index (χ1) is 11.6. The maximum atomic E-state index is 12.4. The van der Waals surface area contributed by atoms with Crippen molar-refractivity contribution < 1.29 is 9.59 Å². The number of primary amides is 1. The van der Waals surface area contributed by atoms with Gasteiger partial charge in [0.05, 0.1) is 5.41 Å². The Morgan fingerprint density at radius 2 is 1.79 bits per heavy atom. The van der Waals surface area contributed by atoms with Crippen molar-refractivity contribution in [3.8, 4) is 0 Å². The zero-order chi connectivity index (χ0) is 17.0. The van der Waals surface area contributed by atoms with Crippen LogP contribution in [-0.2, 0) is 16.0 Å². The number of hydrogen-bond acceptors (Lipinski definition) is 2. The van der Waals surface area contributed by atoms with Crippen LogP contribution in [-0.4, -0.2) is 29.8 Å². The molecular weight excluding hydrogens is 300 g/mol. The van der Waals surface area contributed by atoms with Gasteiger partial charge in [-0.2, -0.15) is 0 Å². The molecule has 0 radical (unpaired) electrons. The van der Waals surface area contributed by atoms with Crippen LogP contribution in [0.5, 0.6) is 0 Å². The van der Waals surface area contributed by atoms with E-state index in [4.69, 9.17) is 5.73 Å². The van der Waals surface area contributed by atoms with Crippen molar-refractivity contribution in [1.29, 1.82) is 0 Å². The molecule has 2 aliphatic rings. The lowest BCUT2D eigenvalue weighted by molar-refractivity contribution is -0.139. The Bertz CT molecular complexity index is 573. The first-order valence-electron chi connectivity index (χ1n) is 9.21. The Balaban J connectivity index is 1.45. The highest BCUT2D eigenvalue weighted by atomic mass is 16.2. The number of amides is 2. The van der Waals surface area contributed by atoms with Gasteiger partial charge < -0.3 is 10.6 Å². The Hall–Kier alpha value is -1.84. The summed E-state index contributed by atoms with van der Waals surface area (Å²) in [7, 11) is 0. The smallest absolute Gasteiger partial charge is 0.223 e. The minimum atomic E-state index is -0.359. The van der Waals surface area contributed by atoms with E-state index in [1.165, 1.54) is 18.4 Å². The van der Waals surface area contributed by atoms with Gasteiger partial charge in [-0.15, -0.1) is 0 Å². The summed E-state index contributed by atoms with van der Waals surface area (Å²) in [5, 5.41) is 0. The molecule has 0 aromatic heterocycles. The summed E-state index contributed by atoms with van der Waals surface area (Å²) in [5.74, 6) is 0.742. The highest BCUT2D eigenvalue weighted by Gasteiger charge is 2.44. The molecule has 130 valence electrons. The lowest BCUT2D eigenvalue weighted by Gasteiger charge is -2.40. The summed E-state index contributed by atoms with van der Waals surface area (Å²) >= 11 is 0. The number of carbonyl (C=O) groups excluding carboxylic acids is 2. The third-order valence-corrected chi connectivity index (χ3v) is 5.67. The molecule has 0 atom stereocenters. The topological polar surface area (TPSA) is 63.4 Å². The van der Waals surface area contributed by atoms with Crippen LogP contribution in [0.15, 0.2) is 30.3 Å². The van der Waals surface area contributed by atoms with Crippen LogP contribution in [0.3, 0.4) is 0 Å². The fraction of sp³-hybridized carbons (Fsp3) is 0.600. The highest BCUT2D eigenvalue weighted by molar-refractivity contribution is 5.82. The predicted molar refractivity (Wildman–Crippen MR) is 94.2 cm³/mol. The van der Waals surface area contributed by atoms with Crippen LogP contribution in [0, 0.1) is 11.3 Å². The second-order valence-corrected chi connectivity index (χ2v) is 7.51. The number of rotatable bonds is 7. The van der Waals surface area contributed by atoms with Crippen LogP contribution < -0.4 is 5.73 Å². The number of carbonyl (C=O) groups is 2. The number of nitrogens with two attached hydrogens (primary N) is 1. The lowest BCUT2D eigenvalue weighted by Crippen LogP contribution is -2.49. The van der Waals surface area contributed by atoms with E-state index in [2.05, 4.69) is 12.1 Å². The van der Waals surface area contributed by atoms with Crippen LogP contribution in [0.25, 0.3) is 0 Å². The van der Waals surface area contributed by atoms with Gasteiger partial charge in [0.25, 0.3) is 0 Å². The summed E-state index contributed by atoms with van der Waals surface area (Å²) in [6, 6.07) is 10.3. The molecule has 24 heavy (non-hydrogen) atoms. The second kappa shape index (κ2) is 7.37. The van der Waals surface area contributed by atoms with E-state index in [1.54, 1.807) is 0 Å². The zero-order valence-electron chi connectivity index (χ0n) is 14.4. The summed E-state index contributed by atoms with van der Waals surface area (Å²) in [5.41, 5.74) is 6.62. The van der Waals surface area contributed by atoms with Gasteiger partial charge in [0.2, 0.25) is 11.8 Å². The minimum Gasteiger partial charge on any atom is -0.369 e. The highest BCUT2D eigenvalue weighted by Crippen LogP contribution is 2.45. The van der Waals surface area contributed by atoms with E-state index >= 15 is 0 Å². The molecule has 4 nitrogen and oxygen atoms in total. The number of likely N-dealkylation sites (tertiary alicyclic amines) is 1. The molecule has 3 rings (SSSR count). The quantitative estimate of drug-likeness (QED) is 0.836. The van der Waals surface area contributed by atoms with E-state index < -0.39 is 0 Å². The van der Waals surface area contributed by atoms with Gasteiger partial charge in [0, 0.05) is 19.5 Å². The Kier molecular flexibility index (Phi) is 5.22. The van der Waals surface area contributed by atoms with E-state index in [1.807, 2.05) is 23.1 Å². The van der Waals surface area contributed by atoms with Crippen LogP contribution in [0.1, 0.15) is 50.5 Å². The third kappa shape index (κ3) is 4.16. The molecule has 2 fully saturated rings. The standard InChI is InChI=1S/C20H28N2O2/c21-19(24)20(15-17-9-10-17)11-13-22(14-12-20)18(23)8-4-7-16-5-2-1-3-6-16/h1-3,5-6,17H,4,7-15H2,(H2,21,24). The number of benzene rings is 1. The SMILES string of the molecule is NC(=O)C1(CC2CC2)CCN(C(=O)CCCc2ccccc2)CC1. The van der Waals surface area contributed by atoms with Crippen LogP contribution >= 0.6 is 0 Å². The van der Waals surface area contributed by atoms with Gasteiger partial charge in [-0.05, 0) is 43.6 Å². The molecule has 1 heterocycles. The minimum absolute atomic E-state index is 0.162. The van der Waals surface area contributed by atoms with Gasteiger partial charge in [0.1, 0.15) is 0 Å². The van der Waals surface area contributed by atoms with E-state index in [0.717, 1.165) is 32.1 Å². The number of aryl methyl sites for hydroxylation is 1. The van der Waals surface area contributed by atoms with E-state index in [9.17, 15) is 9.59 Å². The lowest BCUT2D eigenvalue weighted by atomic mass is 9.73. The fourth-order valence-corrected chi connectivity index (χ4v) is 3.86. The van der Waals surface area contributed by atoms with Crippen molar-refractivity contribution in [2.24, 2.45) is 17.1 Å². The molecule has 0 unspecified atom stereocenters. The first kappa shape index (κ1) is 17.0.